The Morgan fingerprint density at radius 2 is 1.70 bits per heavy atom. The van der Waals surface area contributed by atoms with Gasteiger partial charge >= 0.3 is 5.97 Å². The highest BCUT2D eigenvalue weighted by Crippen LogP contribution is 2.17. The normalized spacial score (nSPS) is 15.5. The van der Waals surface area contributed by atoms with Crippen molar-refractivity contribution in [2.75, 3.05) is 13.2 Å². The average Bonchev–Trinajstić information content (AvgIpc) is 2.81. The fourth-order valence-electron chi connectivity index (χ4n) is 2.55. The van der Waals surface area contributed by atoms with Gasteiger partial charge in [-0.1, -0.05) is 41.6 Å². The number of carbonyl (C=O) groups is 2. The van der Waals surface area contributed by atoms with Crippen LogP contribution < -0.4 is 10.1 Å². The van der Waals surface area contributed by atoms with Crippen molar-refractivity contribution >= 4 is 27.8 Å². The van der Waals surface area contributed by atoms with Gasteiger partial charge in [0.2, 0.25) is 0 Å². The second-order valence-corrected chi connectivity index (χ2v) is 6.57. The molecule has 1 aliphatic carbocycles. The van der Waals surface area contributed by atoms with Crippen LogP contribution in [-0.4, -0.2) is 31.1 Å². The topological polar surface area (TPSA) is 64.6 Å². The summed E-state index contributed by atoms with van der Waals surface area (Å²) in [6.45, 7) is -0.461. The molecule has 0 atom stereocenters. The molecular formula is C17H22BrNO4. The van der Waals surface area contributed by atoms with Crippen LogP contribution in [0.4, 0.5) is 0 Å². The minimum atomic E-state index is -0.552. The van der Waals surface area contributed by atoms with E-state index in [-0.39, 0.29) is 25.2 Å². The number of amides is 1. The van der Waals surface area contributed by atoms with Gasteiger partial charge in [-0.2, -0.15) is 0 Å². The second kappa shape index (κ2) is 9.55. The maximum absolute atomic E-state index is 11.8. The molecule has 5 nitrogen and oxygen atoms in total. The maximum Gasteiger partial charge on any atom is 0.344 e. The molecule has 0 aliphatic heterocycles. The van der Waals surface area contributed by atoms with Gasteiger partial charge in [0.15, 0.2) is 13.2 Å². The zero-order valence-corrected chi connectivity index (χ0v) is 14.6. The van der Waals surface area contributed by atoms with E-state index in [1.807, 2.05) is 12.1 Å². The molecule has 0 heterocycles. The zero-order valence-electron chi connectivity index (χ0n) is 13.1. The summed E-state index contributed by atoms with van der Waals surface area (Å²) in [5.41, 5.74) is 0. The third-order valence-electron chi connectivity index (χ3n) is 3.75. The van der Waals surface area contributed by atoms with Crippen LogP contribution in [0.25, 0.3) is 0 Å². The Balaban J connectivity index is 1.63. The number of hydrogen-bond donors (Lipinski definition) is 1. The van der Waals surface area contributed by atoms with Crippen molar-refractivity contribution in [1.82, 2.24) is 5.32 Å². The van der Waals surface area contributed by atoms with Crippen LogP contribution in [0, 0.1) is 0 Å². The fourth-order valence-corrected chi connectivity index (χ4v) is 2.82. The molecule has 1 aromatic carbocycles. The number of ether oxygens (including phenoxy) is 2. The zero-order chi connectivity index (χ0) is 16.5. The highest BCUT2D eigenvalue weighted by Gasteiger charge is 2.15. The molecule has 1 fully saturated rings. The molecule has 23 heavy (non-hydrogen) atoms. The van der Waals surface area contributed by atoms with Crippen molar-refractivity contribution in [3.8, 4) is 5.75 Å². The average molecular weight is 384 g/mol. The molecule has 6 heteroatoms. The van der Waals surface area contributed by atoms with Crippen molar-refractivity contribution in [2.45, 2.75) is 44.6 Å². The Bertz CT molecular complexity index is 510. The summed E-state index contributed by atoms with van der Waals surface area (Å²) < 4.78 is 11.2. The van der Waals surface area contributed by atoms with E-state index in [9.17, 15) is 9.59 Å². The smallest absolute Gasteiger partial charge is 0.344 e. The van der Waals surface area contributed by atoms with Gasteiger partial charge in [0, 0.05) is 10.5 Å². The first-order valence-electron chi connectivity index (χ1n) is 7.97. The number of carbonyl (C=O) groups excluding carboxylic acids is 2. The molecule has 0 radical (unpaired) electrons. The van der Waals surface area contributed by atoms with Crippen molar-refractivity contribution in [3.05, 3.63) is 28.7 Å². The molecule has 1 aliphatic rings. The number of hydrogen-bond acceptors (Lipinski definition) is 4. The van der Waals surface area contributed by atoms with Crippen molar-refractivity contribution in [2.24, 2.45) is 0 Å². The van der Waals surface area contributed by atoms with Crippen LogP contribution in [0.5, 0.6) is 5.75 Å². The number of halogens is 1. The van der Waals surface area contributed by atoms with E-state index in [0.29, 0.717) is 5.75 Å². The van der Waals surface area contributed by atoms with Gasteiger partial charge in [-0.25, -0.2) is 4.79 Å². The van der Waals surface area contributed by atoms with Crippen LogP contribution >= 0.6 is 15.9 Å². The first-order valence-corrected chi connectivity index (χ1v) is 8.76. The highest BCUT2D eigenvalue weighted by molar-refractivity contribution is 9.10. The SMILES string of the molecule is O=C(COC(=O)COc1ccc(Br)cc1)NC1CCCCCC1. The van der Waals surface area contributed by atoms with E-state index >= 15 is 0 Å². The van der Waals surface area contributed by atoms with Gasteiger partial charge in [-0.3, -0.25) is 4.79 Å². The van der Waals surface area contributed by atoms with E-state index in [1.54, 1.807) is 12.1 Å². The lowest BCUT2D eigenvalue weighted by molar-refractivity contribution is -0.150. The number of benzene rings is 1. The van der Waals surface area contributed by atoms with Crippen molar-refractivity contribution < 1.29 is 19.1 Å². The first kappa shape index (κ1) is 17.8. The summed E-state index contributed by atoms with van der Waals surface area (Å²) in [6.07, 6.45) is 6.76. The molecule has 2 rings (SSSR count). The minimum Gasteiger partial charge on any atom is -0.482 e. The second-order valence-electron chi connectivity index (χ2n) is 5.66. The Morgan fingerprint density at radius 3 is 2.35 bits per heavy atom. The number of nitrogens with one attached hydrogen (secondary N) is 1. The van der Waals surface area contributed by atoms with Gasteiger partial charge < -0.3 is 14.8 Å². The Hall–Kier alpha value is -1.56. The quantitative estimate of drug-likeness (QED) is 0.604. The molecule has 1 amide bonds. The molecule has 126 valence electrons. The summed E-state index contributed by atoms with van der Waals surface area (Å²) in [4.78, 5) is 23.4. The molecule has 0 bridgehead atoms. The van der Waals surface area contributed by atoms with E-state index < -0.39 is 5.97 Å². The third kappa shape index (κ3) is 7.03. The minimum absolute atomic E-state index is 0.210. The summed E-state index contributed by atoms with van der Waals surface area (Å²) >= 11 is 3.32. The molecule has 1 saturated carbocycles. The van der Waals surface area contributed by atoms with E-state index in [4.69, 9.17) is 9.47 Å². The van der Waals surface area contributed by atoms with Crippen LogP contribution in [0.3, 0.4) is 0 Å². The van der Waals surface area contributed by atoms with Gasteiger partial charge in [0.1, 0.15) is 5.75 Å². The lowest BCUT2D eigenvalue weighted by Gasteiger charge is -2.16. The number of esters is 1. The van der Waals surface area contributed by atoms with Gasteiger partial charge in [0.25, 0.3) is 5.91 Å². The lowest BCUT2D eigenvalue weighted by Crippen LogP contribution is -2.37. The van der Waals surface area contributed by atoms with E-state index in [0.717, 1.165) is 30.2 Å². The van der Waals surface area contributed by atoms with Gasteiger partial charge in [0.05, 0.1) is 0 Å². The van der Waals surface area contributed by atoms with Gasteiger partial charge in [-0.05, 0) is 37.1 Å². The van der Waals surface area contributed by atoms with E-state index in [1.165, 1.54) is 12.8 Å². The molecular weight excluding hydrogens is 362 g/mol. The Labute approximate surface area is 144 Å². The third-order valence-corrected chi connectivity index (χ3v) is 4.28. The lowest BCUT2D eigenvalue weighted by atomic mass is 10.1. The summed E-state index contributed by atoms with van der Waals surface area (Å²) in [7, 11) is 0. The molecule has 0 saturated heterocycles. The maximum atomic E-state index is 11.8. The highest BCUT2D eigenvalue weighted by atomic mass is 79.9. The Kier molecular flexibility index (Phi) is 7.39. The Morgan fingerprint density at radius 1 is 1.04 bits per heavy atom. The number of rotatable bonds is 6. The largest absolute Gasteiger partial charge is 0.482 e. The van der Waals surface area contributed by atoms with Crippen molar-refractivity contribution in [1.29, 1.82) is 0 Å². The van der Waals surface area contributed by atoms with Crippen LogP contribution in [0.1, 0.15) is 38.5 Å². The summed E-state index contributed by atoms with van der Waals surface area (Å²) in [6, 6.07) is 7.34. The summed E-state index contributed by atoms with van der Waals surface area (Å²) in [5, 5.41) is 2.93. The standard InChI is InChI=1S/C17H22BrNO4/c18-13-7-9-15(10-8-13)22-12-17(21)23-11-16(20)19-14-5-3-1-2-4-6-14/h7-10,14H,1-6,11-12H2,(H,19,20). The van der Waals surface area contributed by atoms with Crippen LogP contribution in [0.15, 0.2) is 28.7 Å². The van der Waals surface area contributed by atoms with Gasteiger partial charge in [-0.15, -0.1) is 0 Å². The first-order chi connectivity index (χ1) is 11.1. The van der Waals surface area contributed by atoms with Crippen molar-refractivity contribution in [3.63, 3.8) is 0 Å². The molecule has 0 spiro atoms. The van der Waals surface area contributed by atoms with Crippen LogP contribution in [-0.2, 0) is 14.3 Å². The monoisotopic (exact) mass is 383 g/mol. The molecule has 0 aromatic heterocycles. The molecule has 1 N–H and O–H groups in total. The molecule has 1 aromatic rings. The molecule has 0 unspecified atom stereocenters. The predicted molar refractivity (Wildman–Crippen MR) is 90.2 cm³/mol. The van der Waals surface area contributed by atoms with Crippen LogP contribution in [0.2, 0.25) is 0 Å². The predicted octanol–water partition coefficient (Wildman–Crippen LogP) is 3.21. The summed E-state index contributed by atoms with van der Waals surface area (Å²) in [5.74, 6) is -0.217. The fraction of sp³-hybridized carbons (Fsp3) is 0.529. The van der Waals surface area contributed by atoms with E-state index in [2.05, 4.69) is 21.2 Å².